The van der Waals surface area contributed by atoms with Crippen molar-refractivity contribution in [2.24, 2.45) is 11.8 Å². The Hall–Kier alpha value is -1.36. The number of hydrogen-bond donors (Lipinski definition) is 2. The van der Waals surface area contributed by atoms with E-state index in [1.807, 2.05) is 0 Å². The Morgan fingerprint density at radius 2 is 2.53 bits per heavy atom. The zero-order valence-corrected chi connectivity index (χ0v) is 10.3. The Kier molecular flexibility index (Phi) is 3.78. The van der Waals surface area contributed by atoms with E-state index < -0.39 is 0 Å². The highest BCUT2D eigenvalue weighted by Crippen LogP contribution is 2.26. The van der Waals surface area contributed by atoms with Crippen molar-refractivity contribution >= 4 is 5.91 Å². The molecule has 2 heterocycles. The molecular formula is C12H19N3O2. The summed E-state index contributed by atoms with van der Waals surface area (Å²) in [7, 11) is 0. The van der Waals surface area contributed by atoms with Gasteiger partial charge in [0.05, 0.1) is 6.10 Å². The molecule has 1 aromatic rings. The Balaban J connectivity index is 1.84. The van der Waals surface area contributed by atoms with Gasteiger partial charge in [-0.15, -0.1) is 0 Å². The molecule has 5 nitrogen and oxygen atoms in total. The smallest absolute Gasteiger partial charge is 0.269 e. The summed E-state index contributed by atoms with van der Waals surface area (Å²) in [6, 6.07) is 1.67. The molecule has 94 valence electrons. The van der Waals surface area contributed by atoms with Gasteiger partial charge >= 0.3 is 0 Å². The summed E-state index contributed by atoms with van der Waals surface area (Å²) in [5, 5.41) is 9.33. The van der Waals surface area contributed by atoms with Crippen LogP contribution in [0.15, 0.2) is 12.3 Å². The number of aromatic nitrogens is 2. The molecule has 0 saturated carbocycles. The van der Waals surface area contributed by atoms with Gasteiger partial charge in [-0.3, -0.25) is 9.89 Å². The molecule has 0 aliphatic carbocycles. The number of aromatic amines is 1. The number of amides is 1. The van der Waals surface area contributed by atoms with Crippen molar-refractivity contribution in [1.29, 1.82) is 0 Å². The lowest BCUT2D eigenvalue weighted by Crippen LogP contribution is -2.35. The Bertz CT molecular complexity index is 362. The Morgan fingerprint density at radius 3 is 3.18 bits per heavy atom. The predicted molar refractivity (Wildman–Crippen MR) is 63.6 cm³/mol. The highest BCUT2D eigenvalue weighted by Gasteiger charge is 2.30. The summed E-state index contributed by atoms with van der Waals surface area (Å²) in [4.78, 5) is 11.7. The van der Waals surface area contributed by atoms with Crippen LogP contribution in [-0.4, -0.2) is 35.4 Å². The summed E-state index contributed by atoms with van der Waals surface area (Å²) in [5.74, 6) is 0.810. The average molecular weight is 237 g/mol. The number of nitrogens with one attached hydrogen (secondary N) is 2. The third-order valence-corrected chi connectivity index (χ3v) is 3.19. The maximum absolute atomic E-state index is 11.7. The Labute approximate surface area is 101 Å². The molecule has 17 heavy (non-hydrogen) atoms. The summed E-state index contributed by atoms with van der Waals surface area (Å²) in [5.41, 5.74) is 0.505. The molecule has 1 saturated heterocycles. The molecular weight excluding hydrogens is 218 g/mol. The van der Waals surface area contributed by atoms with Crippen LogP contribution in [-0.2, 0) is 4.74 Å². The molecule has 2 N–H and O–H groups in total. The number of carbonyl (C=O) groups is 1. The van der Waals surface area contributed by atoms with Crippen molar-refractivity contribution in [2.45, 2.75) is 26.4 Å². The SMILES string of the molecule is CC(C)[C@@H]1OCC[C@H]1CNC(=O)c1ccn[nH]1. The second kappa shape index (κ2) is 5.31. The van der Waals surface area contributed by atoms with Gasteiger partial charge in [0.1, 0.15) is 5.69 Å². The second-order valence-electron chi connectivity index (χ2n) is 4.81. The van der Waals surface area contributed by atoms with Gasteiger partial charge in [-0.1, -0.05) is 13.8 Å². The first-order valence-electron chi connectivity index (χ1n) is 6.07. The topological polar surface area (TPSA) is 67.0 Å². The van der Waals surface area contributed by atoms with Gasteiger partial charge in [-0.05, 0) is 18.4 Å². The van der Waals surface area contributed by atoms with E-state index in [1.54, 1.807) is 12.3 Å². The number of carbonyl (C=O) groups excluding carboxylic acids is 1. The van der Waals surface area contributed by atoms with E-state index in [4.69, 9.17) is 4.74 Å². The zero-order valence-electron chi connectivity index (χ0n) is 10.3. The highest BCUT2D eigenvalue weighted by atomic mass is 16.5. The lowest BCUT2D eigenvalue weighted by Gasteiger charge is -2.22. The summed E-state index contributed by atoms with van der Waals surface area (Å²) in [6.07, 6.45) is 2.86. The molecule has 1 aliphatic rings. The van der Waals surface area contributed by atoms with Crippen LogP contribution in [0.3, 0.4) is 0 Å². The predicted octanol–water partition coefficient (Wildman–Crippen LogP) is 1.20. The van der Waals surface area contributed by atoms with Crippen LogP contribution in [0.25, 0.3) is 0 Å². The van der Waals surface area contributed by atoms with Crippen molar-refractivity contribution < 1.29 is 9.53 Å². The van der Waals surface area contributed by atoms with Crippen LogP contribution in [0, 0.1) is 11.8 Å². The number of ether oxygens (including phenoxy) is 1. The minimum atomic E-state index is -0.100. The maximum atomic E-state index is 11.7. The average Bonchev–Trinajstić information content (AvgIpc) is 2.96. The molecule has 1 fully saturated rings. The monoisotopic (exact) mass is 237 g/mol. The van der Waals surface area contributed by atoms with Gasteiger partial charge in [-0.25, -0.2) is 0 Å². The van der Waals surface area contributed by atoms with E-state index in [2.05, 4.69) is 29.4 Å². The zero-order chi connectivity index (χ0) is 12.3. The minimum absolute atomic E-state index is 0.100. The number of H-pyrrole nitrogens is 1. The number of nitrogens with zero attached hydrogens (tertiary/aromatic N) is 1. The highest BCUT2D eigenvalue weighted by molar-refractivity contribution is 5.92. The fourth-order valence-corrected chi connectivity index (χ4v) is 2.31. The molecule has 1 aliphatic heterocycles. The lowest BCUT2D eigenvalue weighted by atomic mass is 9.93. The van der Waals surface area contributed by atoms with Gasteiger partial charge in [0, 0.05) is 25.3 Å². The van der Waals surface area contributed by atoms with Crippen LogP contribution in [0.2, 0.25) is 0 Å². The molecule has 0 bridgehead atoms. The molecule has 0 radical (unpaired) electrons. The van der Waals surface area contributed by atoms with Crippen molar-refractivity contribution in [2.75, 3.05) is 13.2 Å². The van der Waals surface area contributed by atoms with Gasteiger partial charge < -0.3 is 10.1 Å². The second-order valence-corrected chi connectivity index (χ2v) is 4.81. The van der Waals surface area contributed by atoms with Gasteiger partial charge in [0.15, 0.2) is 0 Å². The van der Waals surface area contributed by atoms with Crippen LogP contribution in [0.5, 0.6) is 0 Å². The molecule has 1 amide bonds. The van der Waals surface area contributed by atoms with Crippen molar-refractivity contribution in [3.8, 4) is 0 Å². The van der Waals surface area contributed by atoms with Crippen molar-refractivity contribution in [3.05, 3.63) is 18.0 Å². The van der Waals surface area contributed by atoms with Crippen LogP contribution in [0.1, 0.15) is 30.8 Å². The van der Waals surface area contributed by atoms with Gasteiger partial charge in [0.2, 0.25) is 0 Å². The minimum Gasteiger partial charge on any atom is -0.378 e. The quantitative estimate of drug-likeness (QED) is 0.827. The van der Waals surface area contributed by atoms with E-state index in [0.717, 1.165) is 13.0 Å². The molecule has 2 rings (SSSR count). The normalized spacial score (nSPS) is 24.2. The van der Waals surface area contributed by atoms with Crippen molar-refractivity contribution in [3.63, 3.8) is 0 Å². The standard InChI is InChI=1S/C12H19N3O2/c1-8(2)11-9(4-6-17-11)7-13-12(16)10-3-5-14-15-10/h3,5,8-9,11H,4,6-7H2,1-2H3,(H,13,16)(H,14,15)/t9-,11-/m0/s1. The Morgan fingerprint density at radius 1 is 1.71 bits per heavy atom. The number of hydrogen-bond acceptors (Lipinski definition) is 3. The van der Waals surface area contributed by atoms with E-state index in [0.29, 0.717) is 24.1 Å². The first-order chi connectivity index (χ1) is 8.18. The van der Waals surface area contributed by atoms with Crippen molar-refractivity contribution in [1.82, 2.24) is 15.5 Å². The molecule has 5 heteroatoms. The van der Waals surface area contributed by atoms with E-state index in [1.165, 1.54) is 0 Å². The summed E-state index contributed by atoms with van der Waals surface area (Å²) >= 11 is 0. The van der Waals surface area contributed by atoms with Crippen LogP contribution < -0.4 is 5.32 Å². The third kappa shape index (κ3) is 2.85. The van der Waals surface area contributed by atoms with Crippen LogP contribution in [0.4, 0.5) is 0 Å². The fourth-order valence-electron chi connectivity index (χ4n) is 2.31. The third-order valence-electron chi connectivity index (χ3n) is 3.19. The first kappa shape index (κ1) is 12.1. The molecule has 0 unspecified atom stereocenters. The summed E-state index contributed by atoms with van der Waals surface area (Å²) in [6.45, 7) is 5.77. The largest absolute Gasteiger partial charge is 0.378 e. The van der Waals surface area contributed by atoms with Crippen LogP contribution >= 0.6 is 0 Å². The van der Waals surface area contributed by atoms with E-state index in [9.17, 15) is 4.79 Å². The molecule has 0 spiro atoms. The maximum Gasteiger partial charge on any atom is 0.269 e. The number of rotatable bonds is 4. The summed E-state index contributed by atoms with van der Waals surface area (Å²) < 4.78 is 5.68. The van der Waals surface area contributed by atoms with E-state index >= 15 is 0 Å². The van der Waals surface area contributed by atoms with Gasteiger partial charge in [0.25, 0.3) is 5.91 Å². The fraction of sp³-hybridized carbons (Fsp3) is 0.667. The molecule has 0 aromatic carbocycles. The van der Waals surface area contributed by atoms with E-state index in [-0.39, 0.29) is 12.0 Å². The lowest BCUT2D eigenvalue weighted by molar-refractivity contribution is 0.0533. The molecule has 1 aromatic heterocycles. The molecule has 2 atom stereocenters. The first-order valence-corrected chi connectivity index (χ1v) is 6.07. The van der Waals surface area contributed by atoms with Gasteiger partial charge in [-0.2, -0.15) is 5.10 Å².